The number of benzene rings is 1. The number of carboxylic acids is 1. The topological polar surface area (TPSA) is 223 Å². The Labute approximate surface area is 182 Å². The monoisotopic (exact) mass is 446 g/mol. The van der Waals surface area contributed by atoms with E-state index in [1.165, 1.54) is 0 Å². The van der Waals surface area contributed by atoms with Crippen LogP contribution in [0.4, 0.5) is 0 Å². The molecule has 0 aliphatic heterocycles. The fourth-order valence-electron chi connectivity index (χ4n) is 3.11. The van der Waals surface area contributed by atoms with Gasteiger partial charge in [0.15, 0.2) is 0 Å². The molecule has 0 unspecified atom stereocenters. The summed E-state index contributed by atoms with van der Waals surface area (Å²) in [6.45, 7) is 0. The fourth-order valence-corrected chi connectivity index (χ4v) is 3.11. The summed E-state index contributed by atoms with van der Waals surface area (Å²) < 4.78 is 0. The van der Waals surface area contributed by atoms with Gasteiger partial charge < -0.3 is 37.9 Å². The Morgan fingerprint density at radius 3 is 2.25 bits per heavy atom. The lowest BCUT2D eigenvalue weighted by Gasteiger charge is -2.22. The summed E-state index contributed by atoms with van der Waals surface area (Å²) in [6, 6.07) is 3.32. The highest BCUT2D eigenvalue weighted by Crippen LogP contribution is 2.19. The number of aliphatic carboxylic acids is 1. The zero-order valence-electron chi connectivity index (χ0n) is 17.2. The minimum atomic E-state index is -1.44. The smallest absolute Gasteiger partial charge is 0.326 e. The first-order valence-electron chi connectivity index (χ1n) is 9.79. The Hall–Kier alpha value is -3.93. The van der Waals surface area contributed by atoms with Crippen molar-refractivity contribution >= 4 is 40.5 Å². The van der Waals surface area contributed by atoms with Gasteiger partial charge in [-0.15, -0.1) is 0 Å². The molecule has 32 heavy (non-hydrogen) atoms. The largest absolute Gasteiger partial charge is 0.480 e. The van der Waals surface area contributed by atoms with Gasteiger partial charge in [-0.3, -0.25) is 19.2 Å². The summed E-state index contributed by atoms with van der Waals surface area (Å²) in [5.41, 5.74) is 17.3. The number of para-hydroxylation sites is 1. The quantitative estimate of drug-likeness (QED) is 0.198. The maximum absolute atomic E-state index is 12.7. The summed E-state index contributed by atoms with van der Waals surface area (Å²) in [6.07, 6.45) is 0.824. The van der Waals surface area contributed by atoms with Gasteiger partial charge in [-0.1, -0.05) is 18.2 Å². The number of primary amides is 2. The Bertz CT molecular complexity index is 1020. The van der Waals surface area contributed by atoms with Crippen LogP contribution >= 0.6 is 0 Å². The number of H-pyrrole nitrogens is 1. The van der Waals surface area contributed by atoms with Crippen LogP contribution in [0.2, 0.25) is 0 Å². The van der Waals surface area contributed by atoms with Gasteiger partial charge >= 0.3 is 5.97 Å². The number of amides is 4. The molecule has 172 valence electrons. The first-order chi connectivity index (χ1) is 15.1. The molecule has 1 aromatic heterocycles. The molecule has 0 aliphatic rings. The lowest BCUT2D eigenvalue weighted by Crippen LogP contribution is -2.55. The van der Waals surface area contributed by atoms with Gasteiger partial charge in [-0.05, 0) is 18.1 Å². The van der Waals surface area contributed by atoms with Gasteiger partial charge in [0.25, 0.3) is 0 Å². The van der Waals surface area contributed by atoms with E-state index in [0.29, 0.717) is 5.56 Å². The van der Waals surface area contributed by atoms with E-state index in [1.54, 1.807) is 12.3 Å². The van der Waals surface area contributed by atoms with Crippen LogP contribution in [-0.2, 0) is 30.4 Å². The maximum atomic E-state index is 12.7. The van der Waals surface area contributed by atoms with Crippen molar-refractivity contribution in [3.8, 4) is 0 Å². The number of hydrogen-bond donors (Lipinski definition) is 7. The van der Waals surface area contributed by atoms with Gasteiger partial charge in [0.2, 0.25) is 23.6 Å². The number of carbonyl (C=O) groups excluding carboxylic acids is 4. The Morgan fingerprint density at radius 1 is 0.969 bits per heavy atom. The lowest BCUT2D eigenvalue weighted by molar-refractivity contribution is -0.142. The highest BCUT2D eigenvalue weighted by atomic mass is 16.4. The van der Waals surface area contributed by atoms with Crippen LogP contribution in [-0.4, -0.2) is 57.8 Å². The Kier molecular flexibility index (Phi) is 8.30. The number of rotatable bonds is 12. The van der Waals surface area contributed by atoms with E-state index in [2.05, 4.69) is 15.6 Å². The average molecular weight is 446 g/mol. The predicted octanol–water partition coefficient (Wildman–Crippen LogP) is -1.77. The van der Waals surface area contributed by atoms with Gasteiger partial charge in [0, 0.05) is 29.9 Å². The van der Waals surface area contributed by atoms with Crippen LogP contribution in [0.5, 0.6) is 0 Å². The third kappa shape index (κ3) is 6.80. The molecule has 0 bridgehead atoms. The van der Waals surface area contributed by atoms with E-state index in [4.69, 9.17) is 17.2 Å². The van der Waals surface area contributed by atoms with Crippen LogP contribution < -0.4 is 27.8 Å². The van der Waals surface area contributed by atoms with Crippen molar-refractivity contribution in [2.24, 2.45) is 17.2 Å². The van der Waals surface area contributed by atoms with Crippen LogP contribution in [0.25, 0.3) is 10.9 Å². The highest BCUT2D eigenvalue weighted by Gasteiger charge is 2.29. The molecule has 0 radical (unpaired) electrons. The molecule has 12 nitrogen and oxygen atoms in total. The van der Waals surface area contributed by atoms with Crippen molar-refractivity contribution in [1.82, 2.24) is 15.6 Å². The van der Waals surface area contributed by atoms with Crippen molar-refractivity contribution in [2.45, 2.75) is 43.8 Å². The molecule has 2 aromatic rings. The summed E-state index contributed by atoms with van der Waals surface area (Å²) in [4.78, 5) is 61.9. The maximum Gasteiger partial charge on any atom is 0.326 e. The summed E-state index contributed by atoms with van der Waals surface area (Å²) in [7, 11) is 0. The molecule has 1 aromatic carbocycles. The molecule has 0 saturated heterocycles. The fraction of sp³-hybridized carbons (Fsp3) is 0.350. The zero-order chi connectivity index (χ0) is 23.8. The minimum absolute atomic E-state index is 0.0412. The van der Waals surface area contributed by atoms with E-state index in [1.807, 2.05) is 18.2 Å². The van der Waals surface area contributed by atoms with Gasteiger partial charge in [-0.2, -0.15) is 0 Å². The molecule has 0 aliphatic carbocycles. The van der Waals surface area contributed by atoms with E-state index in [-0.39, 0.29) is 19.3 Å². The molecular formula is C20H26N6O6. The van der Waals surface area contributed by atoms with E-state index < -0.39 is 54.1 Å². The second kappa shape index (κ2) is 10.9. The molecule has 3 atom stereocenters. The third-order valence-corrected chi connectivity index (χ3v) is 4.79. The molecular weight excluding hydrogens is 420 g/mol. The molecule has 0 fully saturated rings. The third-order valence-electron chi connectivity index (χ3n) is 4.79. The predicted molar refractivity (Wildman–Crippen MR) is 114 cm³/mol. The van der Waals surface area contributed by atoms with Crippen LogP contribution in [0.3, 0.4) is 0 Å². The molecule has 0 saturated carbocycles. The van der Waals surface area contributed by atoms with E-state index >= 15 is 0 Å². The van der Waals surface area contributed by atoms with Crippen LogP contribution in [0.15, 0.2) is 30.5 Å². The highest BCUT2D eigenvalue weighted by molar-refractivity contribution is 5.95. The second-order valence-electron chi connectivity index (χ2n) is 7.31. The summed E-state index contributed by atoms with van der Waals surface area (Å²) >= 11 is 0. The van der Waals surface area contributed by atoms with Crippen molar-refractivity contribution in [3.63, 3.8) is 0 Å². The molecule has 4 amide bonds. The molecule has 12 heteroatoms. The van der Waals surface area contributed by atoms with Crippen molar-refractivity contribution in [2.75, 3.05) is 0 Å². The molecule has 0 spiro atoms. The van der Waals surface area contributed by atoms with Crippen molar-refractivity contribution < 1.29 is 29.1 Å². The number of aromatic amines is 1. The van der Waals surface area contributed by atoms with Gasteiger partial charge in [0.1, 0.15) is 12.1 Å². The SMILES string of the molecule is NC(=O)CC[C@H](N)C(=O)N[C@@H](CC(N)=O)C(=O)N[C@@H](Cc1c[nH]c2ccccc12)C(=O)O. The minimum Gasteiger partial charge on any atom is -0.480 e. The number of aromatic nitrogens is 1. The van der Waals surface area contributed by atoms with E-state index in [9.17, 15) is 29.1 Å². The number of carboxylic acid groups (broad SMARTS) is 1. The number of nitrogens with one attached hydrogen (secondary N) is 3. The first-order valence-corrected chi connectivity index (χ1v) is 9.79. The summed E-state index contributed by atoms with van der Waals surface area (Å²) in [5, 5.41) is 15.0. The average Bonchev–Trinajstić information content (AvgIpc) is 3.13. The number of fused-ring (bicyclic) bond motifs is 1. The van der Waals surface area contributed by atoms with Crippen molar-refractivity contribution in [1.29, 1.82) is 0 Å². The summed E-state index contributed by atoms with van der Waals surface area (Å²) in [5.74, 6) is -4.56. The molecule has 1 heterocycles. The number of hydrogen-bond acceptors (Lipinski definition) is 6. The molecule has 10 N–H and O–H groups in total. The second-order valence-corrected chi connectivity index (χ2v) is 7.31. The van der Waals surface area contributed by atoms with Crippen LogP contribution in [0, 0.1) is 0 Å². The van der Waals surface area contributed by atoms with E-state index in [0.717, 1.165) is 10.9 Å². The van der Waals surface area contributed by atoms with Crippen LogP contribution in [0.1, 0.15) is 24.8 Å². The van der Waals surface area contributed by atoms with Crippen molar-refractivity contribution in [3.05, 3.63) is 36.0 Å². The standard InChI is InChI=1S/C20H26N6O6/c21-12(5-6-16(22)27)18(29)25-14(8-17(23)28)19(30)26-15(20(31)32)7-10-9-24-13-4-2-1-3-11(10)13/h1-4,9,12,14-15,24H,5-8,21H2,(H2,22,27)(H2,23,28)(H,25,29)(H,26,30)(H,31,32)/t12-,14-,15-/m0/s1. The zero-order valence-corrected chi connectivity index (χ0v) is 17.2. The number of nitrogens with two attached hydrogens (primary N) is 3. The number of carbonyl (C=O) groups is 5. The Balaban J connectivity index is 2.11. The molecule has 2 rings (SSSR count). The van der Waals surface area contributed by atoms with Gasteiger partial charge in [-0.25, -0.2) is 4.79 Å². The van der Waals surface area contributed by atoms with Gasteiger partial charge in [0.05, 0.1) is 12.5 Å². The normalized spacial score (nSPS) is 13.7. The first kappa shape index (κ1) is 24.3. The Morgan fingerprint density at radius 2 is 1.62 bits per heavy atom. The lowest BCUT2D eigenvalue weighted by atomic mass is 10.0.